The first-order chi connectivity index (χ1) is 11.9. The standard InChI is InChI=1S/C18H24N2O5/c1-11(2)8-9-19-16(21)13(10-12-6-4-3-5-7-12)20-17(22)14-15(25-14)18(23)24/h3-7,11,13-15H,8-10H2,1-2H3,(H,19,21)(H,20,22)(H,23,24)/t13-,14-,15-/m0/s1. The number of hydrogen-bond acceptors (Lipinski definition) is 4. The summed E-state index contributed by atoms with van der Waals surface area (Å²) in [4.78, 5) is 35.4. The van der Waals surface area contributed by atoms with E-state index in [1.165, 1.54) is 0 Å². The number of carbonyl (C=O) groups is 3. The predicted octanol–water partition coefficient (Wildman–Crippen LogP) is 0.728. The van der Waals surface area contributed by atoms with E-state index in [1.54, 1.807) is 0 Å². The van der Waals surface area contributed by atoms with Crippen LogP contribution in [-0.2, 0) is 25.5 Å². The normalized spacial score (nSPS) is 20.0. The molecule has 1 aliphatic rings. The molecule has 136 valence electrons. The molecule has 1 heterocycles. The third-order valence-electron chi connectivity index (χ3n) is 3.93. The molecular formula is C18H24N2O5. The lowest BCUT2D eigenvalue weighted by Crippen LogP contribution is -2.49. The molecule has 0 aromatic heterocycles. The van der Waals surface area contributed by atoms with Crippen molar-refractivity contribution in [1.82, 2.24) is 10.6 Å². The lowest BCUT2D eigenvalue weighted by atomic mass is 10.0. The van der Waals surface area contributed by atoms with Crippen molar-refractivity contribution in [2.45, 2.75) is 44.9 Å². The van der Waals surface area contributed by atoms with Crippen LogP contribution in [0.2, 0.25) is 0 Å². The van der Waals surface area contributed by atoms with E-state index >= 15 is 0 Å². The number of amides is 2. The summed E-state index contributed by atoms with van der Waals surface area (Å²) in [5.74, 6) is -1.59. The summed E-state index contributed by atoms with van der Waals surface area (Å²) < 4.78 is 4.84. The molecule has 0 bridgehead atoms. The van der Waals surface area contributed by atoms with Crippen LogP contribution in [-0.4, -0.2) is 47.7 Å². The lowest BCUT2D eigenvalue weighted by Gasteiger charge is -2.18. The van der Waals surface area contributed by atoms with Gasteiger partial charge in [-0.3, -0.25) is 9.59 Å². The van der Waals surface area contributed by atoms with Crippen molar-refractivity contribution in [2.24, 2.45) is 5.92 Å². The molecule has 2 rings (SSSR count). The topological polar surface area (TPSA) is 108 Å². The van der Waals surface area contributed by atoms with E-state index in [0.717, 1.165) is 12.0 Å². The first kappa shape index (κ1) is 18.9. The molecule has 0 saturated carbocycles. The molecule has 1 saturated heterocycles. The van der Waals surface area contributed by atoms with Crippen LogP contribution >= 0.6 is 0 Å². The van der Waals surface area contributed by atoms with Crippen LogP contribution in [0.4, 0.5) is 0 Å². The maximum absolute atomic E-state index is 12.4. The average Bonchev–Trinajstić information content (AvgIpc) is 3.35. The van der Waals surface area contributed by atoms with Crippen molar-refractivity contribution in [1.29, 1.82) is 0 Å². The zero-order valence-corrected chi connectivity index (χ0v) is 14.4. The van der Waals surface area contributed by atoms with E-state index in [0.29, 0.717) is 18.9 Å². The fraction of sp³-hybridized carbons (Fsp3) is 0.500. The monoisotopic (exact) mass is 348 g/mol. The summed E-state index contributed by atoms with van der Waals surface area (Å²) in [5.41, 5.74) is 0.901. The van der Waals surface area contributed by atoms with Gasteiger partial charge in [0, 0.05) is 13.0 Å². The van der Waals surface area contributed by atoms with Crippen molar-refractivity contribution in [3.05, 3.63) is 35.9 Å². The minimum atomic E-state index is -1.18. The zero-order valence-electron chi connectivity index (χ0n) is 14.4. The maximum atomic E-state index is 12.4. The summed E-state index contributed by atoms with van der Waals surface area (Å²) >= 11 is 0. The van der Waals surface area contributed by atoms with Gasteiger partial charge in [-0.05, 0) is 17.9 Å². The summed E-state index contributed by atoms with van der Waals surface area (Å²) in [6.45, 7) is 4.65. The van der Waals surface area contributed by atoms with Crippen LogP contribution in [0.1, 0.15) is 25.8 Å². The molecule has 3 N–H and O–H groups in total. The van der Waals surface area contributed by atoms with Crippen LogP contribution in [0, 0.1) is 5.92 Å². The quantitative estimate of drug-likeness (QED) is 0.570. The molecule has 1 fully saturated rings. The number of carboxylic acid groups (broad SMARTS) is 1. The highest BCUT2D eigenvalue weighted by atomic mass is 16.6. The van der Waals surface area contributed by atoms with Crippen LogP contribution in [0.5, 0.6) is 0 Å². The van der Waals surface area contributed by atoms with Gasteiger partial charge >= 0.3 is 5.97 Å². The van der Waals surface area contributed by atoms with E-state index in [-0.39, 0.29) is 5.91 Å². The second kappa shape index (κ2) is 8.62. The molecule has 1 aromatic carbocycles. The SMILES string of the molecule is CC(C)CCNC(=O)[C@H](Cc1ccccc1)NC(=O)[C@H]1O[C@@H]1C(=O)O. The van der Waals surface area contributed by atoms with Crippen molar-refractivity contribution >= 4 is 17.8 Å². The van der Waals surface area contributed by atoms with E-state index < -0.39 is 30.1 Å². The number of hydrogen-bond donors (Lipinski definition) is 3. The van der Waals surface area contributed by atoms with Gasteiger partial charge in [0.1, 0.15) is 6.04 Å². The Balaban J connectivity index is 1.97. The molecule has 2 amide bonds. The van der Waals surface area contributed by atoms with Gasteiger partial charge in [0.05, 0.1) is 0 Å². The molecule has 3 atom stereocenters. The van der Waals surface area contributed by atoms with Gasteiger partial charge in [0.2, 0.25) is 5.91 Å². The Morgan fingerprint density at radius 2 is 1.84 bits per heavy atom. The van der Waals surface area contributed by atoms with Crippen molar-refractivity contribution in [2.75, 3.05) is 6.54 Å². The number of nitrogens with one attached hydrogen (secondary N) is 2. The summed E-state index contributed by atoms with van der Waals surface area (Å²) in [6.07, 6.45) is -0.990. The highest BCUT2D eigenvalue weighted by Gasteiger charge is 2.51. The average molecular weight is 348 g/mol. The minimum Gasteiger partial charge on any atom is -0.479 e. The lowest BCUT2D eigenvalue weighted by molar-refractivity contribution is -0.138. The van der Waals surface area contributed by atoms with Crippen LogP contribution in [0.3, 0.4) is 0 Å². The molecule has 0 radical (unpaired) electrons. The molecule has 1 aromatic rings. The summed E-state index contributed by atoms with van der Waals surface area (Å²) in [7, 11) is 0. The Morgan fingerprint density at radius 3 is 2.40 bits per heavy atom. The van der Waals surface area contributed by atoms with E-state index in [2.05, 4.69) is 24.5 Å². The Hall–Kier alpha value is -2.41. The van der Waals surface area contributed by atoms with Crippen molar-refractivity contribution in [3.8, 4) is 0 Å². The van der Waals surface area contributed by atoms with E-state index in [4.69, 9.17) is 9.84 Å². The Morgan fingerprint density at radius 1 is 1.16 bits per heavy atom. The first-order valence-corrected chi connectivity index (χ1v) is 8.38. The molecule has 7 nitrogen and oxygen atoms in total. The number of epoxide rings is 1. The second-order valence-corrected chi connectivity index (χ2v) is 6.54. The number of carbonyl (C=O) groups excluding carboxylic acids is 2. The molecule has 1 aliphatic heterocycles. The van der Waals surface area contributed by atoms with Crippen molar-refractivity contribution < 1.29 is 24.2 Å². The highest BCUT2D eigenvalue weighted by molar-refractivity contribution is 5.95. The van der Waals surface area contributed by atoms with E-state index in [1.807, 2.05) is 30.3 Å². The third-order valence-corrected chi connectivity index (χ3v) is 3.93. The zero-order chi connectivity index (χ0) is 18.4. The summed E-state index contributed by atoms with van der Waals surface area (Å²) in [5, 5.41) is 14.3. The Kier molecular flexibility index (Phi) is 6.52. The summed E-state index contributed by atoms with van der Waals surface area (Å²) in [6, 6.07) is 8.54. The van der Waals surface area contributed by atoms with Gasteiger partial charge in [0.15, 0.2) is 12.2 Å². The predicted molar refractivity (Wildman–Crippen MR) is 90.8 cm³/mol. The van der Waals surface area contributed by atoms with Gasteiger partial charge in [0.25, 0.3) is 5.91 Å². The Bertz CT molecular complexity index is 617. The highest BCUT2D eigenvalue weighted by Crippen LogP contribution is 2.22. The van der Waals surface area contributed by atoms with Gasteiger partial charge in [-0.1, -0.05) is 44.2 Å². The molecule has 0 aliphatic carbocycles. The molecule has 25 heavy (non-hydrogen) atoms. The number of aliphatic carboxylic acids is 1. The van der Waals surface area contributed by atoms with Gasteiger partial charge in [-0.2, -0.15) is 0 Å². The van der Waals surface area contributed by atoms with Crippen LogP contribution < -0.4 is 10.6 Å². The maximum Gasteiger partial charge on any atom is 0.336 e. The Labute approximate surface area is 146 Å². The third kappa shape index (κ3) is 5.86. The van der Waals surface area contributed by atoms with Gasteiger partial charge < -0.3 is 20.5 Å². The van der Waals surface area contributed by atoms with Crippen LogP contribution in [0.25, 0.3) is 0 Å². The number of carboxylic acids is 1. The van der Waals surface area contributed by atoms with Crippen molar-refractivity contribution in [3.63, 3.8) is 0 Å². The van der Waals surface area contributed by atoms with Crippen LogP contribution in [0.15, 0.2) is 30.3 Å². The number of rotatable bonds is 9. The molecule has 7 heteroatoms. The smallest absolute Gasteiger partial charge is 0.336 e. The molecular weight excluding hydrogens is 324 g/mol. The first-order valence-electron chi connectivity index (χ1n) is 8.38. The largest absolute Gasteiger partial charge is 0.479 e. The van der Waals surface area contributed by atoms with E-state index in [9.17, 15) is 14.4 Å². The second-order valence-electron chi connectivity index (χ2n) is 6.54. The fourth-order valence-corrected chi connectivity index (χ4v) is 2.42. The van der Waals surface area contributed by atoms with Gasteiger partial charge in [-0.25, -0.2) is 4.79 Å². The number of benzene rings is 1. The molecule has 0 spiro atoms. The van der Waals surface area contributed by atoms with Gasteiger partial charge in [-0.15, -0.1) is 0 Å². The molecule has 0 unspecified atom stereocenters. The minimum absolute atomic E-state index is 0.287. The number of ether oxygens (including phenoxy) is 1. The fourth-order valence-electron chi connectivity index (χ4n) is 2.42.